The quantitative estimate of drug-likeness (QED) is 0.844. The minimum Gasteiger partial charge on any atom is -0.367 e. The molecule has 0 saturated carbocycles. The number of amides is 1. The van der Waals surface area contributed by atoms with Crippen molar-refractivity contribution in [2.24, 2.45) is 5.73 Å². The van der Waals surface area contributed by atoms with Crippen LogP contribution in [-0.4, -0.2) is 66.5 Å². The molecule has 1 aromatic rings. The van der Waals surface area contributed by atoms with E-state index in [9.17, 15) is 4.79 Å². The zero-order valence-corrected chi connectivity index (χ0v) is 13.2. The number of nitrogens with two attached hydrogens (primary N) is 1. The SMILES string of the molecule is CC(CNc1ncc(C(N)=O)cc1Cl)N1CCN(C)CC1. The van der Waals surface area contributed by atoms with Gasteiger partial charge in [-0.15, -0.1) is 0 Å². The number of carbonyl (C=O) groups excluding carboxylic acids is 1. The largest absolute Gasteiger partial charge is 0.367 e. The lowest BCUT2D eigenvalue weighted by Crippen LogP contribution is -2.49. The number of aromatic nitrogens is 1. The number of rotatable bonds is 5. The average molecular weight is 312 g/mol. The van der Waals surface area contributed by atoms with Crippen molar-refractivity contribution in [3.63, 3.8) is 0 Å². The Morgan fingerprint density at radius 2 is 2.14 bits per heavy atom. The summed E-state index contributed by atoms with van der Waals surface area (Å²) in [7, 11) is 2.14. The van der Waals surface area contributed by atoms with E-state index in [-0.39, 0.29) is 0 Å². The topological polar surface area (TPSA) is 74.5 Å². The summed E-state index contributed by atoms with van der Waals surface area (Å²) in [5.74, 6) is 0.0596. The van der Waals surface area contributed by atoms with E-state index >= 15 is 0 Å². The maximum atomic E-state index is 11.1. The molecule has 1 amide bonds. The molecule has 1 atom stereocenters. The van der Waals surface area contributed by atoms with Crippen LogP contribution in [0.15, 0.2) is 12.3 Å². The third-order valence-electron chi connectivity index (χ3n) is 3.85. The van der Waals surface area contributed by atoms with E-state index in [4.69, 9.17) is 17.3 Å². The lowest BCUT2D eigenvalue weighted by molar-refractivity contribution is 0.1000. The van der Waals surface area contributed by atoms with Gasteiger partial charge in [0.25, 0.3) is 0 Å². The first kappa shape index (κ1) is 16.0. The van der Waals surface area contributed by atoms with Gasteiger partial charge in [0.2, 0.25) is 5.91 Å². The Morgan fingerprint density at radius 3 is 2.71 bits per heavy atom. The summed E-state index contributed by atoms with van der Waals surface area (Å²) in [4.78, 5) is 20.0. The first-order valence-electron chi connectivity index (χ1n) is 7.09. The molecule has 1 saturated heterocycles. The summed E-state index contributed by atoms with van der Waals surface area (Å²) in [6.07, 6.45) is 1.44. The van der Waals surface area contributed by atoms with Crippen molar-refractivity contribution in [1.82, 2.24) is 14.8 Å². The molecule has 0 spiro atoms. The van der Waals surface area contributed by atoms with Crippen LogP contribution >= 0.6 is 11.6 Å². The standard InChI is InChI=1S/C14H22ClN5O/c1-10(20-5-3-19(2)4-6-20)8-17-14-12(15)7-11(9-18-14)13(16)21/h7,9-10H,3-6,8H2,1-2H3,(H2,16,21)(H,17,18). The lowest BCUT2D eigenvalue weighted by atomic mass is 10.2. The molecule has 0 radical (unpaired) electrons. The fourth-order valence-corrected chi connectivity index (χ4v) is 2.57. The van der Waals surface area contributed by atoms with Gasteiger partial charge in [0.1, 0.15) is 5.82 Å². The second kappa shape index (κ2) is 7.06. The van der Waals surface area contributed by atoms with Crippen LogP contribution in [0.5, 0.6) is 0 Å². The van der Waals surface area contributed by atoms with Crippen LogP contribution in [0.25, 0.3) is 0 Å². The summed E-state index contributed by atoms with van der Waals surface area (Å²) in [5, 5.41) is 3.65. The number of nitrogens with zero attached hydrogens (tertiary/aromatic N) is 3. The molecule has 21 heavy (non-hydrogen) atoms. The number of pyridine rings is 1. The number of carbonyl (C=O) groups is 1. The fourth-order valence-electron chi connectivity index (χ4n) is 2.34. The number of likely N-dealkylation sites (N-methyl/N-ethyl adjacent to an activating group) is 1. The Kier molecular flexibility index (Phi) is 5.39. The first-order valence-corrected chi connectivity index (χ1v) is 7.47. The lowest BCUT2D eigenvalue weighted by Gasteiger charge is -2.36. The fraction of sp³-hybridized carbons (Fsp3) is 0.571. The highest BCUT2D eigenvalue weighted by Gasteiger charge is 2.19. The highest BCUT2D eigenvalue weighted by molar-refractivity contribution is 6.33. The van der Waals surface area contributed by atoms with E-state index in [2.05, 4.69) is 34.1 Å². The van der Waals surface area contributed by atoms with Crippen molar-refractivity contribution < 1.29 is 4.79 Å². The van der Waals surface area contributed by atoms with E-state index < -0.39 is 5.91 Å². The number of primary amides is 1. The number of halogens is 1. The van der Waals surface area contributed by atoms with Crippen molar-refractivity contribution in [2.45, 2.75) is 13.0 Å². The van der Waals surface area contributed by atoms with Crippen LogP contribution in [0.4, 0.5) is 5.82 Å². The molecule has 0 bridgehead atoms. The maximum absolute atomic E-state index is 11.1. The van der Waals surface area contributed by atoms with Gasteiger partial charge < -0.3 is 16.0 Å². The summed E-state index contributed by atoms with van der Waals surface area (Å²) < 4.78 is 0. The Balaban J connectivity index is 1.89. The highest BCUT2D eigenvalue weighted by atomic mass is 35.5. The molecule has 7 heteroatoms. The predicted molar refractivity (Wildman–Crippen MR) is 84.8 cm³/mol. The zero-order chi connectivity index (χ0) is 15.4. The monoisotopic (exact) mass is 311 g/mol. The normalized spacial score (nSPS) is 18.4. The van der Waals surface area contributed by atoms with E-state index in [1.54, 1.807) is 6.07 Å². The minimum absolute atomic E-state index is 0.317. The molecule has 0 aromatic carbocycles. The van der Waals surface area contributed by atoms with E-state index in [0.29, 0.717) is 22.4 Å². The van der Waals surface area contributed by atoms with Crippen LogP contribution in [0.2, 0.25) is 5.02 Å². The molecule has 1 aromatic heterocycles. The third kappa shape index (κ3) is 4.30. The van der Waals surface area contributed by atoms with Gasteiger partial charge in [0, 0.05) is 45.0 Å². The molecule has 2 rings (SSSR count). The van der Waals surface area contributed by atoms with Gasteiger partial charge in [0.05, 0.1) is 10.6 Å². The summed E-state index contributed by atoms with van der Waals surface area (Å²) >= 11 is 6.11. The summed E-state index contributed by atoms with van der Waals surface area (Å²) in [5.41, 5.74) is 5.51. The van der Waals surface area contributed by atoms with Gasteiger partial charge in [-0.25, -0.2) is 4.98 Å². The summed E-state index contributed by atoms with van der Waals surface area (Å²) in [6, 6.07) is 1.94. The second-order valence-corrected chi connectivity index (χ2v) is 5.90. The van der Waals surface area contributed by atoms with Gasteiger partial charge in [-0.3, -0.25) is 9.69 Å². The molecule has 1 aliphatic heterocycles. The molecule has 3 N–H and O–H groups in total. The number of nitrogens with one attached hydrogen (secondary N) is 1. The highest BCUT2D eigenvalue weighted by Crippen LogP contribution is 2.20. The van der Waals surface area contributed by atoms with Gasteiger partial charge in [-0.2, -0.15) is 0 Å². The number of hydrogen-bond donors (Lipinski definition) is 2. The molecular weight excluding hydrogens is 290 g/mol. The molecule has 1 fully saturated rings. The van der Waals surface area contributed by atoms with Gasteiger partial charge in [-0.05, 0) is 20.0 Å². The van der Waals surface area contributed by atoms with Crippen molar-refractivity contribution in [2.75, 3.05) is 45.1 Å². The first-order chi connectivity index (χ1) is 9.97. The van der Waals surface area contributed by atoms with Gasteiger partial charge in [-0.1, -0.05) is 11.6 Å². The molecule has 1 unspecified atom stereocenters. The third-order valence-corrected chi connectivity index (χ3v) is 4.14. The van der Waals surface area contributed by atoms with Crippen molar-refractivity contribution in [3.05, 3.63) is 22.8 Å². The molecular formula is C14H22ClN5O. The maximum Gasteiger partial charge on any atom is 0.250 e. The predicted octanol–water partition coefficient (Wildman–Crippen LogP) is 0.882. The van der Waals surface area contributed by atoms with Gasteiger partial charge in [0.15, 0.2) is 0 Å². The number of hydrogen-bond acceptors (Lipinski definition) is 5. The smallest absolute Gasteiger partial charge is 0.250 e. The molecule has 2 heterocycles. The van der Waals surface area contributed by atoms with Crippen molar-refractivity contribution in [3.8, 4) is 0 Å². The van der Waals surface area contributed by atoms with Crippen LogP contribution in [-0.2, 0) is 0 Å². The van der Waals surface area contributed by atoms with Crippen LogP contribution in [0, 0.1) is 0 Å². The molecule has 1 aliphatic rings. The van der Waals surface area contributed by atoms with Crippen molar-refractivity contribution >= 4 is 23.3 Å². The zero-order valence-electron chi connectivity index (χ0n) is 12.5. The van der Waals surface area contributed by atoms with Crippen LogP contribution in [0.3, 0.4) is 0 Å². The molecule has 6 nitrogen and oxygen atoms in total. The van der Waals surface area contributed by atoms with Gasteiger partial charge >= 0.3 is 0 Å². The Bertz CT molecular complexity index is 502. The van der Waals surface area contributed by atoms with Crippen LogP contribution < -0.4 is 11.1 Å². The minimum atomic E-state index is -0.526. The molecule has 0 aliphatic carbocycles. The van der Waals surface area contributed by atoms with E-state index in [0.717, 1.165) is 32.7 Å². The van der Waals surface area contributed by atoms with E-state index in [1.165, 1.54) is 6.20 Å². The second-order valence-electron chi connectivity index (χ2n) is 5.49. The van der Waals surface area contributed by atoms with Crippen LogP contribution in [0.1, 0.15) is 17.3 Å². The van der Waals surface area contributed by atoms with Crippen molar-refractivity contribution in [1.29, 1.82) is 0 Å². The number of anilines is 1. The summed E-state index contributed by atoms with van der Waals surface area (Å²) in [6.45, 7) is 7.27. The molecule has 116 valence electrons. The average Bonchev–Trinajstić information content (AvgIpc) is 2.46. The Hall–Kier alpha value is -1.37. The Labute approximate surface area is 130 Å². The number of piperazine rings is 1. The Morgan fingerprint density at radius 1 is 1.48 bits per heavy atom. The van der Waals surface area contributed by atoms with E-state index in [1.807, 2.05) is 0 Å².